The average molecular weight is 272 g/mol. The maximum absolute atomic E-state index is 13.5. The molecule has 1 aromatic rings. The Labute approximate surface area is 115 Å². The van der Waals surface area contributed by atoms with E-state index in [1.54, 1.807) is 6.92 Å². The van der Waals surface area contributed by atoms with Gasteiger partial charge in [0.2, 0.25) is 0 Å². The van der Waals surface area contributed by atoms with Crippen LogP contribution in [-0.4, -0.2) is 6.54 Å². The molecule has 3 heteroatoms. The SMILES string of the molecule is CCNC(c1cc(C)c(F)cc1Cl)C(C)C(C)C. The van der Waals surface area contributed by atoms with Crippen molar-refractivity contribution in [3.05, 3.63) is 34.1 Å². The molecule has 0 amide bonds. The molecule has 1 N–H and O–H groups in total. The zero-order valence-corrected chi connectivity index (χ0v) is 12.6. The molecule has 0 spiro atoms. The van der Waals surface area contributed by atoms with Crippen LogP contribution >= 0.6 is 11.6 Å². The molecule has 2 unspecified atom stereocenters. The van der Waals surface area contributed by atoms with Crippen LogP contribution in [-0.2, 0) is 0 Å². The second kappa shape index (κ2) is 6.53. The second-order valence-corrected chi connectivity index (χ2v) is 5.67. The zero-order valence-electron chi connectivity index (χ0n) is 11.8. The van der Waals surface area contributed by atoms with Crippen LogP contribution in [0.5, 0.6) is 0 Å². The number of nitrogens with one attached hydrogen (secondary N) is 1. The van der Waals surface area contributed by atoms with Gasteiger partial charge < -0.3 is 5.32 Å². The highest BCUT2D eigenvalue weighted by atomic mass is 35.5. The molecular formula is C15H23ClFN. The number of hydrogen-bond acceptors (Lipinski definition) is 1. The van der Waals surface area contributed by atoms with Crippen molar-refractivity contribution in [2.75, 3.05) is 6.54 Å². The van der Waals surface area contributed by atoms with Crippen LogP contribution in [0.2, 0.25) is 5.02 Å². The first-order valence-corrected chi connectivity index (χ1v) is 6.95. The van der Waals surface area contributed by atoms with E-state index in [0.717, 1.165) is 12.1 Å². The summed E-state index contributed by atoms with van der Waals surface area (Å²) in [6.45, 7) is 11.3. The van der Waals surface area contributed by atoms with Crippen LogP contribution in [0.4, 0.5) is 4.39 Å². The van der Waals surface area contributed by atoms with E-state index in [9.17, 15) is 4.39 Å². The molecule has 0 saturated heterocycles. The van der Waals surface area contributed by atoms with Crippen LogP contribution in [0.25, 0.3) is 0 Å². The van der Waals surface area contributed by atoms with E-state index in [-0.39, 0.29) is 11.9 Å². The number of halogens is 2. The molecule has 1 rings (SSSR count). The highest BCUT2D eigenvalue weighted by Gasteiger charge is 2.23. The van der Waals surface area contributed by atoms with Crippen molar-refractivity contribution in [3.63, 3.8) is 0 Å². The third-order valence-corrected chi connectivity index (χ3v) is 3.94. The summed E-state index contributed by atoms with van der Waals surface area (Å²) < 4.78 is 13.5. The van der Waals surface area contributed by atoms with Crippen molar-refractivity contribution in [1.82, 2.24) is 5.32 Å². The molecule has 0 aliphatic rings. The normalized spacial score (nSPS) is 14.9. The Balaban J connectivity index is 3.17. The van der Waals surface area contributed by atoms with Gasteiger partial charge in [-0.2, -0.15) is 0 Å². The van der Waals surface area contributed by atoms with Gasteiger partial charge in [0, 0.05) is 11.1 Å². The fourth-order valence-electron chi connectivity index (χ4n) is 2.10. The second-order valence-electron chi connectivity index (χ2n) is 5.26. The standard InChI is InChI=1S/C15H23ClFN/c1-6-18-15(11(5)9(2)3)12-7-10(4)14(17)8-13(12)16/h7-9,11,15,18H,6H2,1-5H3. The number of benzene rings is 1. The quantitative estimate of drug-likeness (QED) is 0.816. The van der Waals surface area contributed by atoms with E-state index >= 15 is 0 Å². The summed E-state index contributed by atoms with van der Waals surface area (Å²) in [4.78, 5) is 0. The summed E-state index contributed by atoms with van der Waals surface area (Å²) in [6, 6.07) is 3.45. The van der Waals surface area contributed by atoms with E-state index < -0.39 is 0 Å². The van der Waals surface area contributed by atoms with E-state index in [1.807, 2.05) is 6.07 Å². The summed E-state index contributed by atoms with van der Waals surface area (Å²) >= 11 is 6.20. The molecule has 0 bridgehead atoms. The monoisotopic (exact) mass is 271 g/mol. The lowest BCUT2D eigenvalue weighted by Gasteiger charge is -2.29. The third-order valence-electron chi connectivity index (χ3n) is 3.61. The Morgan fingerprint density at radius 2 is 1.89 bits per heavy atom. The van der Waals surface area contributed by atoms with E-state index in [2.05, 4.69) is 33.0 Å². The Morgan fingerprint density at radius 3 is 2.39 bits per heavy atom. The van der Waals surface area contributed by atoms with Gasteiger partial charge in [-0.25, -0.2) is 4.39 Å². The lowest BCUT2D eigenvalue weighted by atomic mass is 9.85. The summed E-state index contributed by atoms with van der Waals surface area (Å²) in [7, 11) is 0. The van der Waals surface area contributed by atoms with E-state index in [1.165, 1.54) is 6.07 Å². The van der Waals surface area contributed by atoms with Gasteiger partial charge in [-0.3, -0.25) is 0 Å². The molecular weight excluding hydrogens is 249 g/mol. The van der Waals surface area contributed by atoms with Crippen molar-refractivity contribution < 1.29 is 4.39 Å². The fraction of sp³-hybridized carbons (Fsp3) is 0.600. The minimum Gasteiger partial charge on any atom is -0.310 e. The average Bonchev–Trinajstić information content (AvgIpc) is 2.30. The van der Waals surface area contributed by atoms with E-state index in [4.69, 9.17) is 11.6 Å². The minimum absolute atomic E-state index is 0.168. The minimum atomic E-state index is -0.240. The largest absolute Gasteiger partial charge is 0.310 e. The molecule has 2 atom stereocenters. The van der Waals surface area contributed by atoms with Gasteiger partial charge in [0.15, 0.2) is 0 Å². The molecule has 1 aromatic carbocycles. The van der Waals surface area contributed by atoms with Gasteiger partial charge in [-0.1, -0.05) is 45.4 Å². The van der Waals surface area contributed by atoms with E-state index in [0.29, 0.717) is 22.4 Å². The first-order valence-electron chi connectivity index (χ1n) is 6.57. The van der Waals surface area contributed by atoms with Crippen molar-refractivity contribution in [2.45, 2.75) is 40.7 Å². The highest BCUT2D eigenvalue weighted by Crippen LogP contribution is 2.33. The van der Waals surface area contributed by atoms with Gasteiger partial charge in [0.25, 0.3) is 0 Å². The van der Waals surface area contributed by atoms with Crippen LogP contribution < -0.4 is 5.32 Å². The summed E-state index contributed by atoms with van der Waals surface area (Å²) in [6.07, 6.45) is 0. The van der Waals surface area contributed by atoms with Gasteiger partial charge in [-0.05, 0) is 42.5 Å². The molecule has 0 aliphatic carbocycles. The molecule has 0 radical (unpaired) electrons. The number of rotatable bonds is 5. The maximum Gasteiger partial charge on any atom is 0.127 e. The van der Waals surface area contributed by atoms with Gasteiger partial charge in [0.1, 0.15) is 5.82 Å². The van der Waals surface area contributed by atoms with Gasteiger partial charge in [-0.15, -0.1) is 0 Å². The zero-order chi connectivity index (χ0) is 13.9. The Morgan fingerprint density at radius 1 is 1.28 bits per heavy atom. The van der Waals surface area contributed by atoms with Crippen molar-refractivity contribution >= 4 is 11.6 Å². The maximum atomic E-state index is 13.5. The van der Waals surface area contributed by atoms with Gasteiger partial charge in [0.05, 0.1) is 0 Å². The number of aryl methyl sites for hydroxylation is 1. The van der Waals surface area contributed by atoms with Crippen molar-refractivity contribution in [2.24, 2.45) is 11.8 Å². The van der Waals surface area contributed by atoms with Crippen LogP contribution in [0, 0.1) is 24.6 Å². The fourth-order valence-corrected chi connectivity index (χ4v) is 2.37. The lowest BCUT2D eigenvalue weighted by Crippen LogP contribution is -2.29. The topological polar surface area (TPSA) is 12.0 Å². The van der Waals surface area contributed by atoms with Crippen LogP contribution in [0.3, 0.4) is 0 Å². The predicted molar refractivity (Wildman–Crippen MR) is 76.6 cm³/mol. The Kier molecular flexibility index (Phi) is 5.61. The van der Waals surface area contributed by atoms with Crippen LogP contribution in [0.15, 0.2) is 12.1 Å². The summed E-state index contributed by atoms with van der Waals surface area (Å²) in [5.41, 5.74) is 1.65. The molecule has 0 fully saturated rings. The third kappa shape index (κ3) is 3.46. The smallest absolute Gasteiger partial charge is 0.127 e. The lowest BCUT2D eigenvalue weighted by molar-refractivity contribution is 0.307. The predicted octanol–water partition coefficient (Wildman–Crippen LogP) is 4.73. The molecule has 0 aliphatic heterocycles. The Hall–Kier alpha value is -0.600. The molecule has 0 heterocycles. The summed E-state index contributed by atoms with van der Waals surface area (Å²) in [5.74, 6) is 0.735. The van der Waals surface area contributed by atoms with Crippen LogP contribution in [0.1, 0.15) is 44.9 Å². The Bertz CT molecular complexity index is 404. The highest BCUT2D eigenvalue weighted by molar-refractivity contribution is 6.31. The number of hydrogen-bond donors (Lipinski definition) is 1. The molecule has 102 valence electrons. The van der Waals surface area contributed by atoms with Crippen molar-refractivity contribution in [1.29, 1.82) is 0 Å². The van der Waals surface area contributed by atoms with Crippen molar-refractivity contribution in [3.8, 4) is 0 Å². The molecule has 1 nitrogen and oxygen atoms in total. The molecule has 0 saturated carbocycles. The van der Waals surface area contributed by atoms with Gasteiger partial charge >= 0.3 is 0 Å². The molecule has 18 heavy (non-hydrogen) atoms. The first kappa shape index (κ1) is 15.5. The molecule has 0 aromatic heterocycles. The summed E-state index contributed by atoms with van der Waals surface area (Å²) in [5, 5.41) is 3.97. The first-order chi connectivity index (χ1) is 8.38.